The number of aromatic nitrogens is 2. The Bertz CT molecular complexity index is 898. The summed E-state index contributed by atoms with van der Waals surface area (Å²) in [6, 6.07) is 1.69. The zero-order chi connectivity index (χ0) is 22.6. The number of hydrogen-bond acceptors (Lipinski definition) is 6. The van der Waals surface area contributed by atoms with Gasteiger partial charge in [-0.3, -0.25) is 14.5 Å². The molecule has 3 atom stereocenters. The maximum absolute atomic E-state index is 12.7. The smallest absolute Gasteiger partial charge is 0.239 e. The van der Waals surface area contributed by atoms with Crippen molar-refractivity contribution >= 4 is 27.5 Å². The van der Waals surface area contributed by atoms with Crippen LogP contribution < -0.4 is 10.6 Å². The summed E-state index contributed by atoms with van der Waals surface area (Å²) in [5, 5.41) is 10.4. The lowest BCUT2D eigenvalue weighted by molar-refractivity contribution is -0.128. The van der Waals surface area contributed by atoms with Crippen LogP contribution in [-0.4, -0.2) is 72.1 Å². The van der Waals surface area contributed by atoms with E-state index in [4.69, 9.17) is 0 Å². The molecule has 31 heavy (non-hydrogen) atoms. The van der Waals surface area contributed by atoms with Gasteiger partial charge in [0.25, 0.3) is 0 Å². The average Bonchev–Trinajstić information content (AvgIpc) is 3.23. The predicted octanol–water partition coefficient (Wildman–Crippen LogP) is 1.51. The second kappa shape index (κ2) is 10.1. The lowest BCUT2D eigenvalue weighted by Crippen LogP contribution is -2.47. The second-order valence-electron chi connectivity index (χ2n) is 8.99. The molecule has 0 bridgehead atoms. The Labute approximate surface area is 184 Å². The molecule has 1 aromatic rings. The van der Waals surface area contributed by atoms with Gasteiger partial charge in [0.15, 0.2) is 9.84 Å². The fourth-order valence-electron chi connectivity index (χ4n) is 4.52. The molecule has 1 aromatic heterocycles. The third-order valence-corrected chi connectivity index (χ3v) is 7.78. The third-order valence-electron chi connectivity index (χ3n) is 6.03. The first-order chi connectivity index (χ1) is 14.7. The number of piperidine rings is 1. The van der Waals surface area contributed by atoms with Crippen molar-refractivity contribution in [1.82, 2.24) is 20.0 Å². The van der Waals surface area contributed by atoms with Crippen LogP contribution in [0.5, 0.6) is 0 Å². The number of sulfone groups is 1. The number of carbonyl (C=O) groups excluding carboxylic acids is 2. The first-order valence-electron chi connectivity index (χ1n) is 11.3. The maximum Gasteiger partial charge on any atom is 0.239 e. The van der Waals surface area contributed by atoms with Crippen LogP contribution in [0, 0.1) is 12.8 Å². The van der Waals surface area contributed by atoms with Crippen molar-refractivity contribution in [3.63, 3.8) is 0 Å². The van der Waals surface area contributed by atoms with E-state index >= 15 is 0 Å². The SMILES string of the molecule is CCCC(C)NC(=O)C1CCCN(CC(=O)Nc2cc(C)nn2C2CCS(=O)(=O)C2)C1. The standard InChI is InChI=1S/C21H35N5O4S/c1-4-6-15(2)22-21(28)17-7-5-9-25(12-17)13-20(27)23-19-11-16(3)24-26(19)18-8-10-31(29,30)14-18/h11,15,17-18H,4-10,12-14H2,1-3H3,(H,22,28)(H,23,27). The maximum atomic E-state index is 12.7. The van der Waals surface area contributed by atoms with E-state index < -0.39 is 9.84 Å². The number of hydrogen-bond donors (Lipinski definition) is 2. The van der Waals surface area contributed by atoms with Crippen LogP contribution in [-0.2, 0) is 19.4 Å². The quantitative estimate of drug-likeness (QED) is 0.617. The van der Waals surface area contributed by atoms with Gasteiger partial charge in [0.2, 0.25) is 11.8 Å². The topological polar surface area (TPSA) is 113 Å². The van der Waals surface area contributed by atoms with E-state index in [-0.39, 0.29) is 47.9 Å². The molecule has 2 aliphatic rings. The van der Waals surface area contributed by atoms with Crippen molar-refractivity contribution in [1.29, 1.82) is 0 Å². The van der Waals surface area contributed by atoms with E-state index in [9.17, 15) is 18.0 Å². The summed E-state index contributed by atoms with van der Waals surface area (Å²) < 4.78 is 25.3. The molecule has 2 amide bonds. The highest BCUT2D eigenvalue weighted by Gasteiger charge is 2.32. The van der Waals surface area contributed by atoms with Crippen LogP contribution in [0.1, 0.15) is 57.7 Å². The molecular formula is C21H35N5O4S. The van der Waals surface area contributed by atoms with Gasteiger partial charge >= 0.3 is 0 Å². The van der Waals surface area contributed by atoms with Crippen molar-refractivity contribution in [2.24, 2.45) is 5.92 Å². The lowest BCUT2D eigenvalue weighted by atomic mass is 9.96. The highest BCUT2D eigenvalue weighted by molar-refractivity contribution is 7.91. The molecule has 9 nitrogen and oxygen atoms in total. The summed E-state index contributed by atoms with van der Waals surface area (Å²) in [6.45, 7) is 7.49. The zero-order valence-electron chi connectivity index (χ0n) is 18.8. The molecule has 0 spiro atoms. The number of aryl methyl sites for hydroxylation is 1. The van der Waals surface area contributed by atoms with E-state index in [0.29, 0.717) is 18.8 Å². The number of nitrogens with zero attached hydrogens (tertiary/aromatic N) is 3. The molecule has 0 aliphatic carbocycles. The fourth-order valence-corrected chi connectivity index (χ4v) is 6.21. The Morgan fingerprint density at radius 2 is 2.10 bits per heavy atom. The van der Waals surface area contributed by atoms with Crippen LogP contribution in [0.4, 0.5) is 5.82 Å². The van der Waals surface area contributed by atoms with Crippen LogP contribution in [0.3, 0.4) is 0 Å². The molecule has 2 saturated heterocycles. The van der Waals surface area contributed by atoms with Crippen molar-refractivity contribution in [3.8, 4) is 0 Å². The number of carbonyl (C=O) groups is 2. The second-order valence-corrected chi connectivity index (χ2v) is 11.2. The minimum atomic E-state index is -3.05. The summed E-state index contributed by atoms with van der Waals surface area (Å²) in [5.74, 6) is 0.528. The van der Waals surface area contributed by atoms with E-state index in [1.54, 1.807) is 10.7 Å². The molecule has 10 heteroatoms. The zero-order valence-corrected chi connectivity index (χ0v) is 19.6. The Kier molecular flexibility index (Phi) is 7.74. The van der Waals surface area contributed by atoms with Gasteiger partial charge in [-0.15, -0.1) is 0 Å². The number of anilines is 1. The fraction of sp³-hybridized carbons (Fsp3) is 0.762. The first-order valence-corrected chi connectivity index (χ1v) is 13.1. The van der Waals surface area contributed by atoms with E-state index in [1.165, 1.54) is 0 Å². The molecule has 2 fully saturated rings. The van der Waals surface area contributed by atoms with E-state index in [2.05, 4.69) is 22.7 Å². The molecule has 3 heterocycles. The van der Waals surface area contributed by atoms with E-state index in [1.807, 2.05) is 18.7 Å². The summed E-state index contributed by atoms with van der Waals surface area (Å²) in [6.07, 6.45) is 4.21. The molecule has 3 rings (SSSR count). The van der Waals surface area contributed by atoms with Crippen LogP contribution >= 0.6 is 0 Å². The van der Waals surface area contributed by atoms with Gasteiger partial charge in [0, 0.05) is 18.7 Å². The Morgan fingerprint density at radius 1 is 1.32 bits per heavy atom. The Morgan fingerprint density at radius 3 is 2.77 bits per heavy atom. The van der Waals surface area contributed by atoms with Crippen molar-refractivity contribution < 1.29 is 18.0 Å². The van der Waals surface area contributed by atoms with E-state index in [0.717, 1.165) is 37.9 Å². The lowest BCUT2D eigenvalue weighted by Gasteiger charge is -2.32. The average molecular weight is 454 g/mol. The molecule has 0 aromatic carbocycles. The Hall–Kier alpha value is -1.94. The molecule has 2 N–H and O–H groups in total. The van der Waals surface area contributed by atoms with Crippen LogP contribution in [0.2, 0.25) is 0 Å². The highest BCUT2D eigenvalue weighted by Crippen LogP contribution is 2.27. The molecule has 0 saturated carbocycles. The summed E-state index contributed by atoms with van der Waals surface area (Å²) in [5.41, 5.74) is 0.732. The number of rotatable bonds is 8. The molecule has 3 unspecified atom stereocenters. The van der Waals surface area contributed by atoms with Gasteiger partial charge in [-0.05, 0) is 46.1 Å². The van der Waals surface area contributed by atoms with Crippen molar-refractivity contribution in [3.05, 3.63) is 11.8 Å². The minimum absolute atomic E-state index is 0.0519. The van der Waals surface area contributed by atoms with Crippen LogP contribution in [0.15, 0.2) is 6.07 Å². The molecular weight excluding hydrogens is 418 g/mol. The number of nitrogens with one attached hydrogen (secondary N) is 2. The normalized spacial score (nSPS) is 24.6. The monoisotopic (exact) mass is 453 g/mol. The van der Waals surface area contributed by atoms with Gasteiger partial charge in [-0.2, -0.15) is 5.10 Å². The number of amides is 2. The first kappa shape index (κ1) is 23.7. The molecule has 2 aliphatic heterocycles. The summed E-state index contributed by atoms with van der Waals surface area (Å²) in [7, 11) is -3.05. The third kappa shape index (κ3) is 6.52. The van der Waals surface area contributed by atoms with Gasteiger partial charge in [-0.25, -0.2) is 13.1 Å². The van der Waals surface area contributed by atoms with Crippen molar-refractivity contribution in [2.75, 3.05) is 36.5 Å². The Balaban J connectivity index is 1.56. The summed E-state index contributed by atoms with van der Waals surface area (Å²) in [4.78, 5) is 27.3. The predicted molar refractivity (Wildman–Crippen MR) is 120 cm³/mol. The minimum Gasteiger partial charge on any atom is -0.353 e. The highest BCUT2D eigenvalue weighted by atomic mass is 32.2. The largest absolute Gasteiger partial charge is 0.353 e. The van der Waals surface area contributed by atoms with Crippen molar-refractivity contribution in [2.45, 2.75) is 65.0 Å². The van der Waals surface area contributed by atoms with Gasteiger partial charge in [0.1, 0.15) is 5.82 Å². The van der Waals surface area contributed by atoms with Gasteiger partial charge in [-0.1, -0.05) is 13.3 Å². The molecule has 174 valence electrons. The van der Waals surface area contributed by atoms with Gasteiger partial charge in [0.05, 0.1) is 35.7 Å². The molecule has 0 radical (unpaired) electrons. The number of likely N-dealkylation sites (tertiary alicyclic amines) is 1. The van der Waals surface area contributed by atoms with Crippen LogP contribution in [0.25, 0.3) is 0 Å². The van der Waals surface area contributed by atoms with Gasteiger partial charge < -0.3 is 10.6 Å². The summed E-state index contributed by atoms with van der Waals surface area (Å²) >= 11 is 0.